The number of ether oxygens (including phenoxy) is 8. The lowest BCUT2D eigenvalue weighted by molar-refractivity contribution is -0.226. The van der Waals surface area contributed by atoms with Crippen LogP contribution in [0, 0.1) is 21.7 Å². The van der Waals surface area contributed by atoms with Crippen LogP contribution < -0.4 is 27.1 Å². The zero-order valence-corrected chi connectivity index (χ0v) is 54.2. The summed E-state index contributed by atoms with van der Waals surface area (Å²) in [5.41, 5.74) is 2.59. The van der Waals surface area contributed by atoms with Gasteiger partial charge in [0.1, 0.15) is 34.5 Å². The van der Waals surface area contributed by atoms with E-state index in [0.717, 1.165) is 0 Å². The molecule has 0 amide bonds. The second kappa shape index (κ2) is 26.3. The van der Waals surface area contributed by atoms with Gasteiger partial charge in [-0.2, -0.15) is 0 Å². The van der Waals surface area contributed by atoms with Crippen LogP contribution in [-0.4, -0.2) is 64.4 Å². The van der Waals surface area contributed by atoms with Crippen LogP contribution >= 0.6 is 17.2 Å². The number of carbonyl (C=O) groups excluding carboxylic acids is 2. The molecule has 90 heavy (non-hydrogen) atoms. The normalized spacial score (nSPS) is 18.8. The van der Waals surface area contributed by atoms with E-state index in [0.29, 0.717) is 131 Å². The number of Topliss-reactive ketones (excluding diaryl/α,β-unsaturated/α-hetero) is 2. The van der Waals surface area contributed by atoms with Crippen LogP contribution in [0.15, 0.2) is 158 Å². The third-order valence-electron chi connectivity index (χ3n) is 15.7. The van der Waals surface area contributed by atoms with Crippen LogP contribution in [0.4, 0.5) is 0 Å². The molecule has 8 aromatic carbocycles. The number of hydrogen-bond acceptors (Lipinski definition) is 16. The fourth-order valence-electron chi connectivity index (χ4n) is 11.0. The van der Waals surface area contributed by atoms with Crippen molar-refractivity contribution >= 4 is 50.3 Å². The molecule has 8 aromatic rings. The highest BCUT2D eigenvalue weighted by Gasteiger charge is 2.40. The van der Waals surface area contributed by atoms with E-state index in [9.17, 15) is 9.59 Å². The standard InChI is InChI=1S/C72H76O16P2/c1-45(73)55-35-47-23-11-13-25-49(47)61(63(55)87-89(83-57-31-19-15-27-51(57)65-75-37-69(3,4)38-76-65)84-58-32-20-16-28-52(58)66-77-39-70(5,6)40-78-66)62-50-26-14-12-24-48(50)36-56(46(2)74)64(62)88-90(85-59-33-21-17-29-53(59)67-79-41-71(7,8)42-80-67)86-60-34-22-18-30-54(60)68-81-43-72(9,10)44-82-68/h11-36,65-68H,37-44H2,1-10H3. The molecule has 0 N–H and O–H groups in total. The van der Waals surface area contributed by atoms with E-state index >= 15 is 0 Å². The lowest BCUT2D eigenvalue weighted by atomic mass is 9.88. The first-order chi connectivity index (χ1) is 43.2. The Labute approximate surface area is 528 Å². The van der Waals surface area contributed by atoms with E-state index in [4.69, 9.17) is 65.0 Å². The lowest BCUT2D eigenvalue weighted by Crippen LogP contribution is -2.34. The molecule has 0 saturated carbocycles. The molecule has 16 nitrogen and oxygen atoms in total. The molecule has 4 fully saturated rings. The van der Waals surface area contributed by atoms with Gasteiger partial charge in [0.25, 0.3) is 0 Å². The Morgan fingerprint density at radius 2 is 0.578 bits per heavy atom. The highest BCUT2D eigenvalue weighted by atomic mass is 31.2. The molecule has 4 aliphatic heterocycles. The zero-order chi connectivity index (χ0) is 63.0. The molecule has 4 heterocycles. The molecule has 0 spiro atoms. The predicted octanol–water partition coefficient (Wildman–Crippen LogP) is 17.9. The summed E-state index contributed by atoms with van der Waals surface area (Å²) in [5, 5.41) is 2.63. The summed E-state index contributed by atoms with van der Waals surface area (Å²) in [6.45, 7) is 23.0. The molecule has 0 aromatic heterocycles. The monoisotopic (exact) mass is 1260 g/mol. The predicted molar refractivity (Wildman–Crippen MR) is 344 cm³/mol. The van der Waals surface area contributed by atoms with E-state index in [1.807, 2.05) is 121 Å². The number of hydrogen-bond donors (Lipinski definition) is 0. The summed E-state index contributed by atoms with van der Waals surface area (Å²) in [6, 6.07) is 48.5. The van der Waals surface area contributed by atoms with E-state index in [1.54, 1.807) is 36.4 Å². The first kappa shape index (κ1) is 63.1. The van der Waals surface area contributed by atoms with Crippen LogP contribution in [0.3, 0.4) is 0 Å². The lowest BCUT2D eigenvalue weighted by Gasteiger charge is -2.35. The van der Waals surface area contributed by atoms with Crippen molar-refractivity contribution in [2.75, 3.05) is 52.9 Å². The Kier molecular flexibility index (Phi) is 18.4. The highest BCUT2D eigenvalue weighted by Crippen LogP contribution is 2.57. The van der Waals surface area contributed by atoms with Crippen molar-refractivity contribution in [3.05, 3.63) is 191 Å². The smallest absolute Gasteiger partial charge is 0.408 e. The second-order valence-corrected chi connectivity index (χ2v) is 28.4. The Balaban J connectivity index is 1.05. The molecular formula is C72H76O16P2. The van der Waals surface area contributed by atoms with Gasteiger partial charge in [-0.05, 0) is 71.8 Å². The van der Waals surface area contributed by atoms with Gasteiger partial charge in [0.05, 0.1) is 86.2 Å². The van der Waals surface area contributed by atoms with Crippen molar-refractivity contribution in [2.24, 2.45) is 21.7 Å². The third kappa shape index (κ3) is 14.2. The highest BCUT2D eigenvalue weighted by molar-refractivity contribution is 7.43. The van der Waals surface area contributed by atoms with Gasteiger partial charge in [0.2, 0.25) is 0 Å². The van der Waals surface area contributed by atoms with Gasteiger partial charge in [-0.1, -0.05) is 177 Å². The summed E-state index contributed by atoms with van der Waals surface area (Å²) >= 11 is 0. The Hall–Kier alpha value is -7.04. The van der Waals surface area contributed by atoms with Gasteiger partial charge in [-0.25, -0.2) is 0 Å². The summed E-state index contributed by atoms with van der Waals surface area (Å²) < 4.78 is 94.2. The quantitative estimate of drug-likeness (QED) is 0.0554. The number of fused-ring (bicyclic) bond motifs is 2. The molecule has 4 saturated heterocycles. The zero-order valence-electron chi connectivity index (χ0n) is 52.4. The van der Waals surface area contributed by atoms with Crippen molar-refractivity contribution in [3.63, 3.8) is 0 Å². The second-order valence-electron chi connectivity index (χ2n) is 26.4. The van der Waals surface area contributed by atoms with Gasteiger partial charge in [0, 0.05) is 32.8 Å². The first-order valence-electron chi connectivity index (χ1n) is 30.3. The van der Waals surface area contributed by atoms with E-state index in [1.165, 1.54) is 13.8 Å². The minimum atomic E-state index is -2.67. The molecule has 0 radical (unpaired) electrons. The average Bonchev–Trinajstić information content (AvgIpc) is 0.735. The summed E-state index contributed by atoms with van der Waals surface area (Å²) in [5.74, 6) is 0.849. The first-order valence-corrected chi connectivity index (χ1v) is 32.5. The minimum absolute atomic E-state index is 0.0720. The van der Waals surface area contributed by atoms with E-state index in [2.05, 4.69) is 55.4 Å². The summed E-state index contributed by atoms with van der Waals surface area (Å²) in [7, 11) is -5.34. The molecule has 4 aliphatic rings. The summed E-state index contributed by atoms with van der Waals surface area (Å²) in [6.07, 6.45) is -3.17. The molecule has 12 rings (SSSR count). The van der Waals surface area contributed by atoms with Crippen molar-refractivity contribution < 1.29 is 74.6 Å². The topological polar surface area (TPSA) is 163 Å². The number of rotatable bonds is 19. The van der Waals surface area contributed by atoms with Gasteiger partial charge in [-0.15, -0.1) is 0 Å². The number of para-hydroxylation sites is 4. The molecular weight excluding hydrogens is 1180 g/mol. The summed E-state index contributed by atoms with van der Waals surface area (Å²) in [4.78, 5) is 29.5. The minimum Gasteiger partial charge on any atom is -0.408 e. The van der Waals surface area contributed by atoms with Crippen molar-refractivity contribution in [3.8, 4) is 45.6 Å². The third-order valence-corrected chi connectivity index (χ3v) is 17.8. The molecule has 0 aliphatic carbocycles. The Bertz CT molecular complexity index is 3500. The largest absolute Gasteiger partial charge is 0.530 e. The van der Waals surface area contributed by atoms with Gasteiger partial charge in [-0.3, -0.25) is 9.59 Å². The van der Waals surface area contributed by atoms with E-state index < -0.39 is 42.4 Å². The van der Waals surface area contributed by atoms with Crippen LogP contribution in [-0.2, 0) is 37.9 Å². The fourth-order valence-corrected chi connectivity index (χ4v) is 13.2. The van der Waals surface area contributed by atoms with Crippen LogP contribution in [0.1, 0.15) is 137 Å². The van der Waals surface area contributed by atoms with Gasteiger partial charge >= 0.3 is 17.2 Å². The van der Waals surface area contributed by atoms with Crippen molar-refractivity contribution in [2.45, 2.75) is 94.4 Å². The van der Waals surface area contributed by atoms with E-state index in [-0.39, 0.29) is 55.9 Å². The van der Waals surface area contributed by atoms with Gasteiger partial charge in [0.15, 0.2) is 36.7 Å². The number of carbonyl (C=O) groups is 2. The van der Waals surface area contributed by atoms with Crippen LogP contribution in [0.5, 0.6) is 34.5 Å². The van der Waals surface area contributed by atoms with Crippen LogP contribution in [0.25, 0.3) is 32.7 Å². The Morgan fingerprint density at radius 1 is 0.344 bits per heavy atom. The maximum atomic E-state index is 14.7. The molecule has 0 atom stereocenters. The molecule has 0 bridgehead atoms. The van der Waals surface area contributed by atoms with Crippen LogP contribution in [0.2, 0.25) is 0 Å². The average molecular weight is 1260 g/mol. The molecule has 470 valence electrons. The van der Waals surface area contributed by atoms with Gasteiger partial charge < -0.3 is 65.0 Å². The number of benzene rings is 8. The maximum absolute atomic E-state index is 14.7. The molecule has 0 unspecified atom stereocenters. The molecule has 18 heteroatoms. The van der Waals surface area contributed by atoms with Crippen molar-refractivity contribution in [1.82, 2.24) is 0 Å². The Morgan fingerprint density at radius 3 is 0.833 bits per heavy atom. The maximum Gasteiger partial charge on any atom is 0.530 e. The number of ketones is 2. The fraction of sp³-hybridized carbons (Fsp3) is 0.361. The van der Waals surface area contributed by atoms with Crippen molar-refractivity contribution in [1.29, 1.82) is 0 Å². The SMILES string of the molecule is CC(=O)c1cc2ccccc2c(-c2c(OP(Oc3ccccc3C3OCC(C)(C)CO3)Oc3ccccc3C3OCC(C)(C)CO3)c(C(C)=O)cc3ccccc23)c1OP(Oc1ccccc1C1OCC(C)(C)CO1)Oc1ccccc1C1OCC(C)(C)CO1.